The fourth-order valence-electron chi connectivity index (χ4n) is 5.39. The number of hydrogen-bond acceptors (Lipinski definition) is 8. The molecule has 0 saturated carbocycles. The SMILES string of the molecule is CN(C)CCn1cc(-c2cccc(Cl)c2)nc1C1CCNCC1.Cl.O=C1C=C(N2CC2)C(=O)C(N2CC2)=C1N1CC1. The lowest BCUT2D eigenvalue weighted by Gasteiger charge is -2.23. The molecule has 1 N–H and O–H groups in total. The second-order valence-electron chi connectivity index (χ2n) is 11.4. The number of carbonyl (C=O) groups is 2. The minimum Gasteiger partial charge on any atom is -0.365 e. The number of allylic oxidation sites excluding steroid dienone is 1. The van der Waals surface area contributed by atoms with E-state index < -0.39 is 0 Å². The minimum atomic E-state index is 0. The van der Waals surface area contributed by atoms with Crippen LogP contribution in [0.3, 0.4) is 0 Å². The summed E-state index contributed by atoms with van der Waals surface area (Å²) in [6, 6.07) is 7.96. The Morgan fingerprint density at radius 2 is 1.63 bits per heavy atom. The van der Waals surface area contributed by atoms with Crippen molar-refractivity contribution in [2.24, 2.45) is 0 Å². The maximum Gasteiger partial charge on any atom is 0.227 e. The maximum absolute atomic E-state index is 12.4. The number of likely N-dealkylation sites (N-methyl/N-ethyl adjacent to an activating group) is 1. The largest absolute Gasteiger partial charge is 0.365 e. The van der Waals surface area contributed by atoms with Gasteiger partial charge < -0.3 is 29.5 Å². The first-order chi connectivity index (χ1) is 19.4. The van der Waals surface area contributed by atoms with Gasteiger partial charge in [0.15, 0.2) is 0 Å². The zero-order valence-electron chi connectivity index (χ0n) is 23.8. The van der Waals surface area contributed by atoms with E-state index >= 15 is 0 Å². The number of rotatable bonds is 8. The van der Waals surface area contributed by atoms with E-state index in [1.165, 1.54) is 11.9 Å². The molecule has 0 amide bonds. The quantitative estimate of drug-likeness (QED) is 0.367. The van der Waals surface area contributed by atoms with Crippen LogP contribution >= 0.6 is 24.0 Å². The second-order valence-corrected chi connectivity index (χ2v) is 11.8. The van der Waals surface area contributed by atoms with E-state index in [0.29, 0.717) is 23.0 Å². The number of imidazole rings is 1. The van der Waals surface area contributed by atoms with Gasteiger partial charge in [-0.3, -0.25) is 9.59 Å². The van der Waals surface area contributed by atoms with Crippen LogP contribution in [0.4, 0.5) is 0 Å². The van der Waals surface area contributed by atoms with Gasteiger partial charge >= 0.3 is 0 Å². The van der Waals surface area contributed by atoms with Gasteiger partial charge in [0.25, 0.3) is 0 Å². The lowest BCUT2D eigenvalue weighted by Crippen LogP contribution is -2.29. The predicted octanol–water partition coefficient (Wildman–Crippen LogP) is 2.83. The number of hydrogen-bond donors (Lipinski definition) is 1. The molecule has 9 nitrogen and oxygen atoms in total. The number of nitrogens with zero attached hydrogens (tertiary/aromatic N) is 6. The van der Waals surface area contributed by atoms with E-state index in [0.717, 1.165) is 94.6 Å². The number of benzene rings is 1. The van der Waals surface area contributed by atoms with Gasteiger partial charge in [0.05, 0.1) is 11.4 Å². The lowest BCUT2D eigenvalue weighted by atomic mass is 9.97. The molecule has 220 valence electrons. The molecule has 4 aliphatic heterocycles. The van der Waals surface area contributed by atoms with Crippen LogP contribution in [-0.4, -0.2) is 114 Å². The van der Waals surface area contributed by atoms with Gasteiger partial charge in [-0.15, -0.1) is 12.4 Å². The first-order valence-corrected chi connectivity index (χ1v) is 14.7. The molecule has 4 saturated heterocycles. The van der Waals surface area contributed by atoms with Crippen LogP contribution in [0, 0.1) is 0 Å². The highest BCUT2D eigenvalue weighted by atomic mass is 35.5. The van der Waals surface area contributed by atoms with Crippen molar-refractivity contribution in [3.63, 3.8) is 0 Å². The number of ketones is 2. The Labute approximate surface area is 253 Å². The van der Waals surface area contributed by atoms with Crippen molar-refractivity contribution < 1.29 is 9.59 Å². The van der Waals surface area contributed by atoms with Gasteiger partial charge in [-0.05, 0) is 52.2 Å². The molecule has 1 aromatic heterocycles. The lowest BCUT2D eigenvalue weighted by molar-refractivity contribution is -0.117. The van der Waals surface area contributed by atoms with Gasteiger partial charge in [0, 0.05) is 81.1 Å². The summed E-state index contributed by atoms with van der Waals surface area (Å²) in [5, 5.41) is 4.20. The molecular formula is C30H39Cl2N7O2. The molecule has 0 spiro atoms. The van der Waals surface area contributed by atoms with E-state index in [9.17, 15) is 9.59 Å². The van der Waals surface area contributed by atoms with E-state index in [1.54, 1.807) is 0 Å². The number of aromatic nitrogens is 2. The summed E-state index contributed by atoms with van der Waals surface area (Å²) in [5.41, 5.74) is 4.01. The molecule has 7 rings (SSSR count). The normalized spacial score (nSPS) is 20.1. The van der Waals surface area contributed by atoms with Crippen molar-refractivity contribution in [1.82, 2.24) is 34.5 Å². The smallest absolute Gasteiger partial charge is 0.227 e. The van der Waals surface area contributed by atoms with Crippen molar-refractivity contribution in [2.45, 2.75) is 25.3 Å². The average Bonchev–Trinajstić information content (AvgIpc) is 3.78. The number of nitrogens with one attached hydrogen (secondary N) is 1. The molecule has 41 heavy (non-hydrogen) atoms. The van der Waals surface area contributed by atoms with Crippen molar-refractivity contribution in [3.8, 4) is 11.3 Å². The summed E-state index contributed by atoms with van der Waals surface area (Å²) >= 11 is 6.14. The van der Waals surface area contributed by atoms with Crippen LogP contribution in [-0.2, 0) is 16.1 Å². The Balaban J connectivity index is 0.000000167. The molecule has 5 aliphatic rings. The van der Waals surface area contributed by atoms with Gasteiger partial charge in [-0.25, -0.2) is 4.98 Å². The predicted molar refractivity (Wildman–Crippen MR) is 163 cm³/mol. The van der Waals surface area contributed by atoms with Crippen molar-refractivity contribution in [1.29, 1.82) is 0 Å². The fourth-order valence-corrected chi connectivity index (χ4v) is 5.58. The van der Waals surface area contributed by atoms with Crippen LogP contribution < -0.4 is 5.32 Å². The molecule has 0 bridgehead atoms. The highest BCUT2D eigenvalue weighted by Gasteiger charge is 2.43. The Kier molecular flexibility index (Phi) is 9.09. The Morgan fingerprint density at radius 1 is 0.976 bits per heavy atom. The van der Waals surface area contributed by atoms with Gasteiger partial charge in [-0.1, -0.05) is 23.7 Å². The summed E-state index contributed by atoms with van der Waals surface area (Å²) in [7, 11) is 4.22. The summed E-state index contributed by atoms with van der Waals surface area (Å²) < 4.78 is 2.34. The van der Waals surface area contributed by atoms with E-state index in [1.807, 2.05) is 32.9 Å². The third-order valence-electron chi connectivity index (χ3n) is 7.91. The van der Waals surface area contributed by atoms with Crippen molar-refractivity contribution in [2.75, 3.05) is 73.0 Å². The van der Waals surface area contributed by atoms with Gasteiger partial charge in [0.1, 0.15) is 17.2 Å². The highest BCUT2D eigenvalue weighted by Crippen LogP contribution is 2.34. The Morgan fingerprint density at radius 3 is 2.24 bits per heavy atom. The van der Waals surface area contributed by atoms with Crippen molar-refractivity contribution in [3.05, 3.63) is 64.5 Å². The van der Waals surface area contributed by atoms with Gasteiger partial charge in [-0.2, -0.15) is 0 Å². The average molecular weight is 601 g/mol. The Hall–Kier alpha value is -2.85. The molecule has 4 fully saturated rings. The molecular weight excluding hydrogens is 561 g/mol. The van der Waals surface area contributed by atoms with Crippen LogP contribution in [0.5, 0.6) is 0 Å². The number of carbonyl (C=O) groups excluding carboxylic acids is 2. The van der Waals surface area contributed by atoms with Crippen LogP contribution in [0.1, 0.15) is 24.6 Å². The maximum atomic E-state index is 12.4. The second kappa shape index (κ2) is 12.6. The molecule has 5 heterocycles. The summed E-state index contributed by atoms with van der Waals surface area (Å²) in [6.45, 7) is 9.56. The molecule has 0 atom stereocenters. The Bertz CT molecular complexity index is 1350. The van der Waals surface area contributed by atoms with E-state index in [4.69, 9.17) is 16.6 Å². The van der Waals surface area contributed by atoms with Crippen LogP contribution in [0.25, 0.3) is 11.3 Å². The van der Waals surface area contributed by atoms with Crippen LogP contribution in [0.2, 0.25) is 5.02 Å². The third-order valence-corrected chi connectivity index (χ3v) is 8.14. The zero-order chi connectivity index (χ0) is 27.8. The highest BCUT2D eigenvalue weighted by molar-refractivity contribution is 6.30. The zero-order valence-corrected chi connectivity index (χ0v) is 25.4. The fraction of sp³-hybridized carbons (Fsp3) is 0.500. The number of piperidine rings is 1. The summed E-state index contributed by atoms with van der Waals surface area (Å²) in [6.07, 6.45) is 6.03. The first kappa shape index (κ1) is 29.6. The van der Waals surface area contributed by atoms with E-state index in [-0.39, 0.29) is 24.0 Å². The molecule has 0 unspecified atom stereocenters. The first-order valence-electron chi connectivity index (χ1n) is 14.4. The topological polar surface area (TPSA) is 76.3 Å². The van der Waals surface area contributed by atoms with Crippen molar-refractivity contribution >= 4 is 35.6 Å². The molecule has 1 aromatic carbocycles. The third kappa shape index (κ3) is 6.97. The van der Waals surface area contributed by atoms with Gasteiger partial charge in [0.2, 0.25) is 11.6 Å². The van der Waals surface area contributed by atoms with Crippen LogP contribution in [0.15, 0.2) is 53.6 Å². The molecule has 2 aromatic rings. The summed E-state index contributed by atoms with van der Waals surface area (Å²) in [5.74, 6) is 1.82. The summed E-state index contributed by atoms with van der Waals surface area (Å²) in [4.78, 5) is 37.7. The molecule has 11 heteroatoms. The molecule has 0 radical (unpaired) electrons. The minimum absolute atomic E-state index is 0. The van der Waals surface area contributed by atoms with E-state index in [2.05, 4.69) is 41.1 Å². The molecule has 1 aliphatic carbocycles. The number of Topliss-reactive ketones (excluding diaryl/α,β-unsaturated/α-hetero) is 1. The number of halogens is 2. The monoisotopic (exact) mass is 599 g/mol. The standard InChI is InChI=1S/C18H25ClN4.C12H13N3O2.ClH/c1-22(2)10-11-23-13-17(15-4-3-5-16(19)12-15)21-18(23)14-6-8-20-9-7-14;16-9-7-8(13-1-2-13)12(17)11(15-5-6-15)10(9)14-3-4-14;/h3-5,12-14,20H,6-11H2,1-2H3;7H,1-6H2;1H.